The lowest BCUT2D eigenvalue weighted by Crippen LogP contribution is -2.30. The first-order chi connectivity index (χ1) is 12.6. The lowest BCUT2D eigenvalue weighted by Gasteiger charge is -2.13. The predicted octanol–water partition coefficient (Wildman–Crippen LogP) is 2.10. The van der Waals surface area contributed by atoms with E-state index in [1.54, 1.807) is 37.4 Å². The van der Waals surface area contributed by atoms with E-state index >= 15 is 0 Å². The Labute approximate surface area is 150 Å². The third-order valence-electron chi connectivity index (χ3n) is 3.94. The van der Waals surface area contributed by atoms with Crippen molar-refractivity contribution < 1.29 is 23.9 Å². The molecule has 0 unspecified atom stereocenters. The number of hydrogen-bond acceptors (Lipinski definition) is 5. The van der Waals surface area contributed by atoms with Crippen molar-refractivity contribution in [3.05, 3.63) is 65.2 Å². The van der Waals surface area contributed by atoms with Crippen LogP contribution >= 0.6 is 0 Å². The summed E-state index contributed by atoms with van der Waals surface area (Å²) in [6.07, 6.45) is 0. The Hall–Kier alpha value is -3.35. The van der Waals surface area contributed by atoms with Gasteiger partial charge in [0.15, 0.2) is 0 Å². The molecule has 7 heteroatoms. The third-order valence-corrected chi connectivity index (χ3v) is 3.94. The van der Waals surface area contributed by atoms with Crippen LogP contribution < -0.4 is 10.1 Å². The number of amides is 3. The zero-order valence-corrected chi connectivity index (χ0v) is 14.2. The van der Waals surface area contributed by atoms with Gasteiger partial charge in [-0.25, -0.2) is 9.59 Å². The molecule has 0 radical (unpaired) electrons. The molecule has 1 N–H and O–H groups in total. The van der Waals surface area contributed by atoms with Gasteiger partial charge in [-0.2, -0.15) is 0 Å². The minimum absolute atomic E-state index is 0.00110. The molecular weight excluding hydrogens is 336 g/mol. The summed E-state index contributed by atoms with van der Waals surface area (Å²) in [4.78, 5) is 36.7. The SMILES string of the molecule is COc1cccc(COC(=O)c2cccc(CN3C(=O)CNC3=O)c2)c1. The van der Waals surface area contributed by atoms with Gasteiger partial charge >= 0.3 is 12.0 Å². The van der Waals surface area contributed by atoms with Crippen LogP contribution in [0.25, 0.3) is 0 Å². The highest BCUT2D eigenvalue weighted by Crippen LogP contribution is 2.15. The third kappa shape index (κ3) is 4.00. The van der Waals surface area contributed by atoms with E-state index in [9.17, 15) is 14.4 Å². The Kier molecular flexibility index (Phi) is 5.17. The lowest BCUT2D eigenvalue weighted by atomic mass is 10.1. The highest BCUT2D eigenvalue weighted by Gasteiger charge is 2.28. The molecule has 0 aromatic heterocycles. The molecular formula is C19H18N2O5. The maximum atomic E-state index is 12.3. The first kappa shape index (κ1) is 17.5. The molecule has 1 aliphatic rings. The molecule has 2 aromatic rings. The number of carbonyl (C=O) groups excluding carboxylic acids is 3. The van der Waals surface area contributed by atoms with Crippen LogP contribution in [0.4, 0.5) is 4.79 Å². The van der Waals surface area contributed by atoms with Crippen molar-refractivity contribution in [3.8, 4) is 5.75 Å². The summed E-state index contributed by atoms with van der Waals surface area (Å²) in [6.45, 7) is 0.232. The van der Waals surface area contributed by atoms with Gasteiger partial charge in [0.05, 0.1) is 25.8 Å². The van der Waals surface area contributed by atoms with Crippen LogP contribution in [0.2, 0.25) is 0 Å². The van der Waals surface area contributed by atoms with Crippen LogP contribution in [-0.4, -0.2) is 36.5 Å². The van der Waals surface area contributed by atoms with Gasteiger partial charge < -0.3 is 14.8 Å². The van der Waals surface area contributed by atoms with Crippen LogP contribution in [0.5, 0.6) is 5.75 Å². The summed E-state index contributed by atoms with van der Waals surface area (Å²) in [5.74, 6) is -0.0815. The normalized spacial score (nSPS) is 13.5. The van der Waals surface area contributed by atoms with Crippen molar-refractivity contribution in [1.82, 2.24) is 10.2 Å². The molecule has 0 aliphatic carbocycles. The molecule has 0 saturated carbocycles. The monoisotopic (exact) mass is 354 g/mol. The largest absolute Gasteiger partial charge is 0.497 e. The topological polar surface area (TPSA) is 84.9 Å². The predicted molar refractivity (Wildman–Crippen MR) is 92.5 cm³/mol. The van der Waals surface area contributed by atoms with Crippen LogP contribution in [0.3, 0.4) is 0 Å². The fourth-order valence-electron chi connectivity index (χ4n) is 2.59. The number of imide groups is 1. The van der Waals surface area contributed by atoms with Crippen molar-refractivity contribution in [3.63, 3.8) is 0 Å². The highest BCUT2D eigenvalue weighted by atomic mass is 16.5. The van der Waals surface area contributed by atoms with E-state index in [1.807, 2.05) is 18.2 Å². The fraction of sp³-hybridized carbons (Fsp3) is 0.211. The summed E-state index contributed by atoms with van der Waals surface area (Å²) in [6, 6.07) is 13.5. The Balaban J connectivity index is 1.64. The number of benzene rings is 2. The Morgan fingerprint density at radius 2 is 1.88 bits per heavy atom. The van der Waals surface area contributed by atoms with Crippen LogP contribution in [0.1, 0.15) is 21.5 Å². The van der Waals surface area contributed by atoms with Crippen molar-refractivity contribution in [2.45, 2.75) is 13.2 Å². The second-order valence-electron chi connectivity index (χ2n) is 5.77. The standard InChI is InChI=1S/C19H18N2O5/c1-25-16-7-3-5-14(9-16)12-26-18(23)15-6-2-4-13(8-15)11-21-17(22)10-20-19(21)24/h2-9H,10-12H2,1H3,(H,20,24). The van der Waals surface area contributed by atoms with Crippen molar-refractivity contribution >= 4 is 17.9 Å². The number of nitrogens with one attached hydrogen (secondary N) is 1. The Morgan fingerprint density at radius 3 is 2.62 bits per heavy atom. The van der Waals surface area contributed by atoms with Crippen LogP contribution in [-0.2, 0) is 22.7 Å². The number of esters is 1. The van der Waals surface area contributed by atoms with Gasteiger partial charge in [0, 0.05) is 0 Å². The second-order valence-corrected chi connectivity index (χ2v) is 5.77. The van der Waals surface area contributed by atoms with E-state index in [2.05, 4.69) is 5.32 Å². The van der Waals surface area contributed by atoms with Gasteiger partial charge in [-0.1, -0.05) is 24.3 Å². The van der Waals surface area contributed by atoms with Crippen LogP contribution in [0.15, 0.2) is 48.5 Å². The number of rotatable bonds is 6. The average molecular weight is 354 g/mol. The number of urea groups is 1. The van der Waals surface area contributed by atoms with Gasteiger partial charge in [0.1, 0.15) is 12.4 Å². The molecule has 1 aliphatic heterocycles. The molecule has 0 atom stereocenters. The van der Waals surface area contributed by atoms with E-state index in [0.717, 1.165) is 10.5 Å². The van der Waals surface area contributed by atoms with E-state index in [0.29, 0.717) is 16.9 Å². The summed E-state index contributed by atoms with van der Waals surface area (Å²) >= 11 is 0. The average Bonchev–Trinajstić information content (AvgIpc) is 2.98. The molecule has 3 amide bonds. The summed E-state index contributed by atoms with van der Waals surface area (Å²) in [7, 11) is 1.57. The number of methoxy groups -OCH3 is 1. The number of carbonyl (C=O) groups is 3. The highest BCUT2D eigenvalue weighted by molar-refractivity contribution is 6.01. The van der Waals surface area contributed by atoms with Gasteiger partial charge in [-0.3, -0.25) is 9.69 Å². The number of hydrogen-bond donors (Lipinski definition) is 1. The smallest absolute Gasteiger partial charge is 0.338 e. The quantitative estimate of drug-likeness (QED) is 0.634. The van der Waals surface area contributed by atoms with Gasteiger partial charge in [-0.15, -0.1) is 0 Å². The summed E-state index contributed by atoms with van der Waals surface area (Å²) in [5.41, 5.74) is 1.84. The first-order valence-electron chi connectivity index (χ1n) is 8.04. The first-order valence-corrected chi connectivity index (χ1v) is 8.04. The lowest BCUT2D eigenvalue weighted by molar-refractivity contribution is -0.125. The van der Waals surface area contributed by atoms with Crippen LogP contribution in [0, 0.1) is 0 Å². The van der Waals surface area contributed by atoms with Gasteiger partial charge in [0.2, 0.25) is 5.91 Å². The molecule has 26 heavy (non-hydrogen) atoms. The maximum Gasteiger partial charge on any atom is 0.338 e. The van der Waals surface area contributed by atoms with Crippen molar-refractivity contribution in [2.24, 2.45) is 0 Å². The molecule has 1 heterocycles. The molecule has 1 saturated heterocycles. The maximum absolute atomic E-state index is 12.3. The number of nitrogens with zero attached hydrogens (tertiary/aromatic N) is 1. The van der Waals surface area contributed by atoms with E-state index in [1.165, 1.54) is 0 Å². The molecule has 2 aromatic carbocycles. The number of ether oxygens (including phenoxy) is 2. The van der Waals surface area contributed by atoms with Crippen molar-refractivity contribution in [2.75, 3.05) is 13.7 Å². The summed E-state index contributed by atoms with van der Waals surface area (Å²) in [5, 5.41) is 2.46. The molecule has 3 rings (SSSR count). The van der Waals surface area contributed by atoms with Crippen molar-refractivity contribution in [1.29, 1.82) is 0 Å². The van der Waals surface area contributed by atoms with E-state index < -0.39 is 12.0 Å². The molecule has 134 valence electrons. The zero-order valence-electron chi connectivity index (χ0n) is 14.2. The minimum Gasteiger partial charge on any atom is -0.497 e. The summed E-state index contributed by atoms with van der Waals surface area (Å²) < 4.78 is 10.5. The Morgan fingerprint density at radius 1 is 1.12 bits per heavy atom. The van der Waals surface area contributed by atoms with E-state index in [-0.39, 0.29) is 25.6 Å². The Bertz CT molecular complexity index is 833. The zero-order chi connectivity index (χ0) is 18.5. The second kappa shape index (κ2) is 7.69. The molecule has 0 bridgehead atoms. The van der Waals surface area contributed by atoms with E-state index in [4.69, 9.17) is 9.47 Å². The molecule has 0 spiro atoms. The van der Waals surface area contributed by atoms with Gasteiger partial charge in [-0.05, 0) is 35.4 Å². The molecule has 1 fully saturated rings. The minimum atomic E-state index is -0.480. The van der Waals surface area contributed by atoms with Gasteiger partial charge in [0.25, 0.3) is 0 Å². The fourth-order valence-corrected chi connectivity index (χ4v) is 2.59. The molecule has 7 nitrogen and oxygen atoms in total.